The fourth-order valence-corrected chi connectivity index (χ4v) is 0.519. The van der Waals surface area contributed by atoms with E-state index in [-0.39, 0.29) is 6.42 Å². The zero-order chi connectivity index (χ0) is 8.41. The molecule has 0 heterocycles. The number of nitrogens with zero attached hydrogens (tertiary/aromatic N) is 1. The van der Waals surface area contributed by atoms with Gasteiger partial charge < -0.3 is 0 Å². The first-order valence-corrected chi connectivity index (χ1v) is 4.02. The number of hydrogen-bond donors (Lipinski definition) is 0. The van der Waals surface area contributed by atoms with Gasteiger partial charge in [-0.25, -0.2) is 0 Å². The molecule has 0 unspecified atom stereocenters. The van der Waals surface area contributed by atoms with Crippen molar-refractivity contribution in [1.82, 2.24) is 0 Å². The second-order valence-corrected chi connectivity index (χ2v) is 5.30. The van der Waals surface area contributed by atoms with Crippen LogP contribution in [0.25, 0.3) is 0 Å². The summed E-state index contributed by atoms with van der Waals surface area (Å²) in [6.45, 7) is 0. The van der Waals surface area contributed by atoms with E-state index in [1.54, 1.807) is 6.07 Å². The van der Waals surface area contributed by atoms with Gasteiger partial charge in [-0.05, 0) is 0 Å². The molecule has 0 amide bonds. The third-order valence-corrected chi connectivity index (χ3v) is 3.10. The molecule has 0 aliphatic rings. The maximum absolute atomic E-state index is 8.17. The zero-order valence-corrected chi connectivity index (χ0v) is 8.32. The Bertz CT molecular complexity index is 152. The highest BCUT2D eigenvalue weighted by Gasteiger charge is 2.45. The predicted octanol–water partition coefficient (Wildman–Crippen LogP) is 3.44. The predicted molar refractivity (Wildman–Crippen MR) is 45.0 cm³/mol. The second kappa shape index (κ2) is 3.56. The Kier molecular flexibility index (Phi) is 3.89. The lowest BCUT2D eigenvalue weighted by atomic mass is 10.3. The van der Waals surface area contributed by atoms with Gasteiger partial charge in [0.05, 0.1) is 12.5 Å². The topological polar surface area (TPSA) is 23.8 Å². The van der Waals surface area contributed by atoms with Crippen molar-refractivity contribution in [3.63, 3.8) is 0 Å². The van der Waals surface area contributed by atoms with Crippen LogP contribution in [-0.4, -0.2) is 8.13 Å². The molecule has 0 aliphatic carbocycles. The van der Waals surface area contributed by atoms with Gasteiger partial charge in [-0.2, -0.15) is 5.26 Å². The normalized spacial score (nSPS) is 12.8. The van der Waals surface area contributed by atoms with E-state index in [1.807, 2.05) is 0 Å². The van der Waals surface area contributed by atoms with E-state index in [2.05, 4.69) is 0 Å². The Hall–Kier alpha value is 0.940. The fourth-order valence-electron chi connectivity index (χ4n) is 0.200. The minimum atomic E-state index is -1.83. The quantitative estimate of drug-likeness (QED) is 0.645. The molecule has 0 saturated carbocycles. The van der Waals surface area contributed by atoms with E-state index in [1.165, 1.54) is 0 Å². The van der Waals surface area contributed by atoms with Gasteiger partial charge in [-0.15, -0.1) is 0 Å². The number of alkyl halides is 5. The SMILES string of the molecule is N#CCC(Cl)(Cl)C(Cl)(Cl)Cl. The van der Waals surface area contributed by atoms with E-state index >= 15 is 0 Å². The number of hydrogen-bond acceptors (Lipinski definition) is 1. The highest BCUT2D eigenvalue weighted by atomic mass is 35.6. The number of nitriles is 1. The van der Waals surface area contributed by atoms with Gasteiger partial charge in [-0.1, -0.05) is 58.0 Å². The molecule has 6 heteroatoms. The summed E-state index contributed by atoms with van der Waals surface area (Å²) in [6, 6.07) is 1.70. The standard InChI is InChI=1S/C4H2Cl5N/c5-3(6,1-2-10)4(7,8)9/h1H2. The first-order valence-electron chi connectivity index (χ1n) is 2.13. The van der Waals surface area contributed by atoms with Crippen molar-refractivity contribution in [2.45, 2.75) is 14.5 Å². The third-order valence-electron chi connectivity index (χ3n) is 0.716. The molecule has 1 nitrogen and oxygen atoms in total. The molecule has 0 aromatic carbocycles. The van der Waals surface area contributed by atoms with Crippen molar-refractivity contribution >= 4 is 58.0 Å². The summed E-state index contributed by atoms with van der Waals surface area (Å²) < 4.78 is -3.46. The maximum Gasteiger partial charge on any atom is 0.224 e. The lowest BCUT2D eigenvalue weighted by Gasteiger charge is -2.23. The second-order valence-electron chi connectivity index (χ2n) is 1.54. The van der Waals surface area contributed by atoms with Crippen LogP contribution in [0.5, 0.6) is 0 Å². The molecule has 0 aromatic rings. The molecule has 0 aliphatic heterocycles. The van der Waals surface area contributed by atoms with Crippen LogP contribution in [0.3, 0.4) is 0 Å². The molecule has 58 valence electrons. The van der Waals surface area contributed by atoms with E-state index < -0.39 is 8.13 Å². The Morgan fingerprint density at radius 1 is 1.10 bits per heavy atom. The van der Waals surface area contributed by atoms with Gasteiger partial charge in [0.1, 0.15) is 0 Å². The van der Waals surface area contributed by atoms with Crippen LogP contribution in [0.15, 0.2) is 0 Å². The van der Waals surface area contributed by atoms with Crippen LogP contribution in [0, 0.1) is 11.3 Å². The Labute approximate surface area is 83.7 Å². The summed E-state index contributed by atoms with van der Waals surface area (Å²) in [5.74, 6) is 0. The first kappa shape index (κ1) is 10.9. The molecule has 0 aromatic heterocycles. The molecule has 0 rings (SSSR count). The largest absolute Gasteiger partial charge is 0.224 e. The van der Waals surface area contributed by atoms with Crippen molar-refractivity contribution in [1.29, 1.82) is 5.26 Å². The lowest BCUT2D eigenvalue weighted by Crippen LogP contribution is -2.30. The van der Waals surface area contributed by atoms with Crippen LogP contribution in [0.1, 0.15) is 6.42 Å². The molecule has 10 heavy (non-hydrogen) atoms. The number of rotatable bonds is 1. The monoisotopic (exact) mass is 239 g/mol. The van der Waals surface area contributed by atoms with Crippen LogP contribution in [0.4, 0.5) is 0 Å². The molecule has 0 N–H and O–H groups in total. The summed E-state index contributed by atoms with van der Waals surface area (Å²) in [6.07, 6.45) is -0.230. The van der Waals surface area contributed by atoms with Gasteiger partial charge in [0.25, 0.3) is 0 Å². The molecule has 0 saturated heterocycles. The van der Waals surface area contributed by atoms with Crippen LogP contribution >= 0.6 is 58.0 Å². The average Bonchev–Trinajstić information content (AvgIpc) is 1.61. The Morgan fingerprint density at radius 3 is 1.60 bits per heavy atom. The minimum absolute atomic E-state index is 0.230. The van der Waals surface area contributed by atoms with Crippen molar-refractivity contribution in [2.24, 2.45) is 0 Å². The van der Waals surface area contributed by atoms with Crippen molar-refractivity contribution < 1.29 is 0 Å². The lowest BCUT2D eigenvalue weighted by molar-refractivity contribution is 0.818. The van der Waals surface area contributed by atoms with E-state index in [9.17, 15) is 0 Å². The van der Waals surface area contributed by atoms with Gasteiger partial charge in [-0.3, -0.25) is 0 Å². The Balaban J connectivity index is 4.28. The van der Waals surface area contributed by atoms with Gasteiger partial charge >= 0.3 is 0 Å². The van der Waals surface area contributed by atoms with Crippen LogP contribution in [-0.2, 0) is 0 Å². The van der Waals surface area contributed by atoms with E-state index in [4.69, 9.17) is 63.3 Å². The molecule has 0 fully saturated rings. The van der Waals surface area contributed by atoms with E-state index in [0.717, 1.165) is 0 Å². The van der Waals surface area contributed by atoms with Gasteiger partial charge in [0.15, 0.2) is 4.33 Å². The maximum atomic E-state index is 8.17. The molecular weight excluding hydrogens is 239 g/mol. The average molecular weight is 241 g/mol. The van der Waals surface area contributed by atoms with Crippen molar-refractivity contribution in [3.8, 4) is 6.07 Å². The highest BCUT2D eigenvalue weighted by Crippen LogP contribution is 2.47. The van der Waals surface area contributed by atoms with Gasteiger partial charge in [0.2, 0.25) is 3.79 Å². The third kappa shape index (κ3) is 2.90. The summed E-state index contributed by atoms with van der Waals surface area (Å²) >= 11 is 26.9. The molecular formula is C4H2Cl5N. The zero-order valence-electron chi connectivity index (χ0n) is 4.54. The van der Waals surface area contributed by atoms with Crippen LogP contribution < -0.4 is 0 Å². The summed E-state index contributed by atoms with van der Waals surface area (Å²) in [5.41, 5.74) is 0. The van der Waals surface area contributed by atoms with E-state index in [0.29, 0.717) is 0 Å². The van der Waals surface area contributed by atoms with Crippen LogP contribution in [0.2, 0.25) is 0 Å². The van der Waals surface area contributed by atoms with Crippen molar-refractivity contribution in [3.05, 3.63) is 0 Å². The highest BCUT2D eigenvalue weighted by molar-refractivity contribution is 6.75. The summed E-state index contributed by atoms with van der Waals surface area (Å²) in [7, 11) is 0. The van der Waals surface area contributed by atoms with Gasteiger partial charge in [0, 0.05) is 0 Å². The summed E-state index contributed by atoms with van der Waals surface area (Å²) in [5, 5.41) is 8.17. The molecule has 0 atom stereocenters. The minimum Gasteiger partial charge on any atom is -0.198 e. The van der Waals surface area contributed by atoms with Crippen molar-refractivity contribution in [2.75, 3.05) is 0 Å². The first-order chi connectivity index (χ1) is 4.31. The Morgan fingerprint density at radius 2 is 1.50 bits per heavy atom. The molecule has 0 radical (unpaired) electrons. The fraction of sp³-hybridized carbons (Fsp3) is 0.750. The number of halogens is 5. The molecule has 0 spiro atoms. The molecule has 0 bridgehead atoms. The smallest absolute Gasteiger partial charge is 0.198 e. The summed E-state index contributed by atoms with van der Waals surface area (Å²) in [4.78, 5) is 0.